The van der Waals surface area contributed by atoms with Gasteiger partial charge in [0.25, 0.3) is 0 Å². The van der Waals surface area contributed by atoms with Gasteiger partial charge in [0.1, 0.15) is 18.0 Å². The van der Waals surface area contributed by atoms with E-state index in [-0.39, 0.29) is 11.5 Å². The molecule has 21 heavy (non-hydrogen) atoms. The van der Waals surface area contributed by atoms with Crippen molar-refractivity contribution in [2.75, 3.05) is 11.5 Å². The van der Waals surface area contributed by atoms with Crippen molar-refractivity contribution in [3.05, 3.63) is 54.6 Å². The minimum Gasteiger partial charge on any atom is -0.486 e. The Morgan fingerprint density at radius 2 is 1.62 bits per heavy atom. The van der Waals surface area contributed by atoms with Crippen LogP contribution in [0.1, 0.15) is 0 Å². The van der Waals surface area contributed by atoms with E-state index in [2.05, 4.69) is 0 Å². The van der Waals surface area contributed by atoms with Gasteiger partial charge in [-0.05, 0) is 11.6 Å². The Bertz CT molecular complexity index is 725. The van der Waals surface area contributed by atoms with E-state index in [9.17, 15) is 13.5 Å². The van der Waals surface area contributed by atoms with Gasteiger partial charge >= 0.3 is 0 Å². The number of ether oxygens (including phenoxy) is 1. The molecule has 2 aromatic carbocycles. The Morgan fingerprint density at radius 3 is 2.29 bits per heavy atom. The third-order valence-electron chi connectivity index (χ3n) is 3.52. The lowest BCUT2D eigenvalue weighted by Crippen LogP contribution is -2.29. The van der Waals surface area contributed by atoms with E-state index in [1.807, 2.05) is 48.5 Å². The van der Waals surface area contributed by atoms with E-state index in [0.29, 0.717) is 5.75 Å². The molecule has 2 atom stereocenters. The fourth-order valence-corrected chi connectivity index (χ4v) is 4.16. The Hall–Kier alpha value is -1.85. The van der Waals surface area contributed by atoms with Crippen LogP contribution in [0.25, 0.3) is 11.1 Å². The summed E-state index contributed by atoms with van der Waals surface area (Å²) in [5, 5.41) is 9.84. The number of hydrogen-bond acceptors (Lipinski definition) is 4. The second-order valence-electron chi connectivity index (χ2n) is 5.16. The summed E-state index contributed by atoms with van der Waals surface area (Å²) in [4.78, 5) is 0. The third kappa shape index (κ3) is 3.09. The Labute approximate surface area is 123 Å². The van der Waals surface area contributed by atoms with Crippen LogP contribution >= 0.6 is 0 Å². The molecular formula is C16H16O4S. The highest BCUT2D eigenvalue weighted by Gasteiger charge is 2.38. The Balaban J connectivity index is 1.90. The lowest BCUT2D eigenvalue weighted by atomic mass is 10.0. The molecule has 0 amide bonds. The minimum atomic E-state index is -3.22. The van der Waals surface area contributed by atoms with Crippen LogP contribution in [0.4, 0.5) is 0 Å². The van der Waals surface area contributed by atoms with Crippen LogP contribution in [0.5, 0.6) is 5.75 Å². The summed E-state index contributed by atoms with van der Waals surface area (Å²) < 4.78 is 28.9. The van der Waals surface area contributed by atoms with Crippen molar-refractivity contribution >= 4 is 9.84 Å². The maximum atomic E-state index is 11.6. The summed E-state index contributed by atoms with van der Waals surface area (Å²) in [5.41, 5.74) is 1.87. The molecule has 110 valence electrons. The molecule has 5 heteroatoms. The van der Waals surface area contributed by atoms with Crippen molar-refractivity contribution in [2.45, 2.75) is 12.2 Å². The van der Waals surface area contributed by atoms with Gasteiger partial charge in [0.15, 0.2) is 9.84 Å². The topological polar surface area (TPSA) is 63.6 Å². The largest absolute Gasteiger partial charge is 0.486 e. The van der Waals surface area contributed by atoms with Crippen molar-refractivity contribution in [3.8, 4) is 16.9 Å². The predicted octanol–water partition coefficient (Wildman–Crippen LogP) is 1.89. The SMILES string of the molecule is O=S1(=O)CC(O)C(Oc2ccccc2-c2ccccc2)C1. The lowest BCUT2D eigenvalue weighted by molar-refractivity contribution is 0.0742. The summed E-state index contributed by atoms with van der Waals surface area (Å²) in [6.07, 6.45) is -1.68. The zero-order valence-corrected chi connectivity index (χ0v) is 12.2. The molecule has 0 radical (unpaired) electrons. The van der Waals surface area contributed by atoms with Crippen molar-refractivity contribution in [2.24, 2.45) is 0 Å². The quantitative estimate of drug-likeness (QED) is 0.940. The minimum absolute atomic E-state index is 0.142. The molecule has 1 aliphatic rings. The molecule has 1 N–H and O–H groups in total. The Kier molecular flexibility index (Phi) is 3.69. The number of benzene rings is 2. The highest BCUT2D eigenvalue weighted by molar-refractivity contribution is 7.91. The van der Waals surface area contributed by atoms with E-state index in [4.69, 9.17) is 4.74 Å². The molecule has 1 fully saturated rings. The first-order chi connectivity index (χ1) is 10.1. The molecule has 1 heterocycles. The van der Waals surface area contributed by atoms with Gasteiger partial charge in [0.2, 0.25) is 0 Å². The second-order valence-corrected chi connectivity index (χ2v) is 7.32. The number of sulfone groups is 1. The van der Waals surface area contributed by atoms with Gasteiger partial charge in [-0.15, -0.1) is 0 Å². The summed E-state index contributed by atoms with van der Waals surface area (Å²) in [6.45, 7) is 0. The van der Waals surface area contributed by atoms with Crippen LogP contribution in [0.15, 0.2) is 54.6 Å². The molecule has 2 aromatic rings. The summed E-state index contributed by atoms with van der Waals surface area (Å²) >= 11 is 0. The first-order valence-corrected chi connectivity index (χ1v) is 8.57. The van der Waals surface area contributed by atoms with Gasteiger partial charge in [0.05, 0.1) is 11.5 Å². The normalized spacial score (nSPS) is 23.9. The van der Waals surface area contributed by atoms with E-state index >= 15 is 0 Å². The number of para-hydroxylation sites is 1. The molecule has 0 bridgehead atoms. The molecular weight excluding hydrogens is 288 g/mol. The summed E-state index contributed by atoms with van der Waals surface area (Å²) in [5.74, 6) is 0.215. The van der Waals surface area contributed by atoms with E-state index in [0.717, 1.165) is 11.1 Å². The zero-order valence-electron chi connectivity index (χ0n) is 11.3. The first-order valence-electron chi connectivity index (χ1n) is 6.75. The first kappa shape index (κ1) is 14.1. The van der Waals surface area contributed by atoms with Gasteiger partial charge in [-0.25, -0.2) is 8.42 Å². The lowest BCUT2D eigenvalue weighted by Gasteiger charge is -2.18. The summed E-state index contributed by atoms with van der Waals surface area (Å²) in [7, 11) is -3.22. The highest BCUT2D eigenvalue weighted by Crippen LogP contribution is 2.31. The number of rotatable bonds is 3. The average molecular weight is 304 g/mol. The monoisotopic (exact) mass is 304 g/mol. The van der Waals surface area contributed by atoms with Crippen LogP contribution in [0, 0.1) is 0 Å². The molecule has 1 aliphatic heterocycles. The van der Waals surface area contributed by atoms with Gasteiger partial charge in [0, 0.05) is 5.56 Å². The standard InChI is InChI=1S/C16H16O4S/c17-14-10-21(18,19)11-16(14)20-15-9-5-4-8-13(15)12-6-2-1-3-7-12/h1-9,14,16-17H,10-11H2. The predicted molar refractivity (Wildman–Crippen MR) is 81.0 cm³/mol. The van der Waals surface area contributed by atoms with E-state index in [1.54, 1.807) is 6.07 Å². The van der Waals surface area contributed by atoms with Crippen LogP contribution in [-0.4, -0.2) is 37.2 Å². The second kappa shape index (κ2) is 5.50. The van der Waals surface area contributed by atoms with Crippen molar-refractivity contribution in [3.63, 3.8) is 0 Å². The van der Waals surface area contributed by atoms with E-state index < -0.39 is 22.0 Å². The molecule has 0 aliphatic carbocycles. The fraction of sp³-hybridized carbons (Fsp3) is 0.250. The van der Waals surface area contributed by atoms with Crippen LogP contribution in [-0.2, 0) is 9.84 Å². The van der Waals surface area contributed by atoms with Crippen molar-refractivity contribution < 1.29 is 18.3 Å². The van der Waals surface area contributed by atoms with Gasteiger partial charge < -0.3 is 9.84 Å². The maximum Gasteiger partial charge on any atom is 0.156 e. The third-order valence-corrected chi connectivity index (χ3v) is 5.21. The number of aliphatic hydroxyl groups excluding tert-OH is 1. The number of hydrogen-bond donors (Lipinski definition) is 1. The maximum absolute atomic E-state index is 11.6. The molecule has 2 unspecified atom stereocenters. The van der Waals surface area contributed by atoms with Crippen LogP contribution < -0.4 is 4.74 Å². The molecule has 3 rings (SSSR count). The van der Waals surface area contributed by atoms with Gasteiger partial charge in [-0.3, -0.25) is 0 Å². The molecule has 0 saturated carbocycles. The van der Waals surface area contributed by atoms with Gasteiger partial charge in [-0.2, -0.15) is 0 Å². The molecule has 4 nitrogen and oxygen atoms in total. The van der Waals surface area contributed by atoms with Gasteiger partial charge in [-0.1, -0.05) is 48.5 Å². The summed E-state index contributed by atoms with van der Waals surface area (Å²) in [6, 6.07) is 17.2. The highest BCUT2D eigenvalue weighted by atomic mass is 32.2. The van der Waals surface area contributed by atoms with Crippen molar-refractivity contribution in [1.82, 2.24) is 0 Å². The van der Waals surface area contributed by atoms with Crippen LogP contribution in [0.3, 0.4) is 0 Å². The fourth-order valence-electron chi connectivity index (χ4n) is 2.50. The zero-order chi connectivity index (χ0) is 14.9. The molecule has 0 aromatic heterocycles. The van der Waals surface area contributed by atoms with E-state index in [1.165, 1.54) is 0 Å². The Morgan fingerprint density at radius 1 is 0.952 bits per heavy atom. The molecule has 1 saturated heterocycles. The average Bonchev–Trinajstić information content (AvgIpc) is 2.73. The van der Waals surface area contributed by atoms with Crippen molar-refractivity contribution in [1.29, 1.82) is 0 Å². The van der Waals surface area contributed by atoms with Crippen LogP contribution in [0.2, 0.25) is 0 Å². The molecule has 0 spiro atoms. The number of aliphatic hydroxyl groups is 1. The smallest absolute Gasteiger partial charge is 0.156 e.